The normalized spacial score (nSPS) is 29.9. The second-order valence-corrected chi connectivity index (χ2v) is 9.13. The molecule has 1 saturated carbocycles. The first kappa shape index (κ1) is 23.2. The molecule has 3 N–H and O–H groups in total. The minimum Gasteiger partial charge on any atom is -0.481 e. The first-order chi connectivity index (χ1) is 14.4. The van der Waals surface area contributed by atoms with Gasteiger partial charge in [-0.25, -0.2) is 4.39 Å². The molecule has 0 unspecified atom stereocenters. The molecular weight excluding hydrogens is 387 g/mol. The molecule has 0 amide bonds. The van der Waals surface area contributed by atoms with E-state index in [4.69, 9.17) is 9.84 Å². The van der Waals surface area contributed by atoms with Crippen molar-refractivity contribution in [2.45, 2.75) is 82.5 Å². The zero-order valence-electron chi connectivity index (χ0n) is 17.6. The molecule has 2 aliphatic rings. The number of fused-ring (bicyclic) bond motifs is 1. The van der Waals surface area contributed by atoms with Crippen LogP contribution in [0, 0.1) is 23.6 Å². The summed E-state index contributed by atoms with van der Waals surface area (Å²) in [4.78, 5) is 10.7. The zero-order chi connectivity index (χ0) is 21.5. The van der Waals surface area contributed by atoms with E-state index in [9.17, 15) is 19.4 Å². The Balaban J connectivity index is 1.42. The predicted octanol–water partition coefficient (Wildman–Crippen LogP) is 3.95. The summed E-state index contributed by atoms with van der Waals surface area (Å²) < 4.78 is 19.1. The summed E-state index contributed by atoms with van der Waals surface area (Å²) >= 11 is 0. The quantitative estimate of drug-likeness (QED) is 0.532. The fourth-order valence-corrected chi connectivity index (χ4v) is 5.20. The summed E-state index contributed by atoms with van der Waals surface area (Å²) in [5.41, 5.74) is 1.02. The molecule has 168 valence electrons. The van der Waals surface area contributed by atoms with E-state index in [1.54, 1.807) is 12.1 Å². The van der Waals surface area contributed by atoms with Crippen molar-refractivity contribution in [1.29, 1.82) is 0 Å². The maximum Gasteiger partial charge on any atom is 0.303 e. The van der Waals surface area contributed by atoms with Crippen LogP contribution in [-0.2, 0) is 16.0 Å². The summed E-state index contributed by atoms with van der Waals surface area (Å²) in [5.74, 6) is -0.141. The summed E-state index contributed by atoms with van der Waals surface area (Å²) in [6, 6.07) is 6.39. The van der Waals surface area contributed by atoms with Gasteiger partial charge in [0.05, 0.1) is 18.3 Å². The lowest BCUT2D eigenvalue weighted by Crippen LogP contribution is -2.24. The van der Waals surface area contributed by atoms with Crippen LogP contribution in [0.25, 0.3) is 0 Å². The van der Waals surface area contributed by atoms with Crippen LogP contribution in [0.4, 0.5) is 4.39 Å². The smallest absolute Gasteiger partial charge is 0.303 e. The van der Waals surface area contributed by atoms with Gasteiger partial charge in [-0.2, -0.15) is 0 Å². The molecule has 1 aliphatic carbocycles. The number of aliphatic hydroxyl groups excluding tert-OH is 2. The van der Waals surface area contributed by atoms with Crippen LogP contribution in [0.5, 0.6) is 0 Å². The van der Waals surface area contributed by atoms with Crippen LogP contribution in [0.15, 0.2) is 24.3 Å². The fourth-order valence-electron chi connectivity index (χ4n) is 5.20. The number of halogens is 1. The molecule has 6 atom stereocenters. The van der Waals surface area contributed by atoms with Crippen molar-refractivity contribution in [2.24, 2.45) is 17.8 Å². The van der Waals surface area contributed by atoms with Crippen molar-refractivity contribution in [1.82, 2.24) is 0 Å². The predicted molar refractivity (Wildman–Crippen MR) is 112 cm³/mol. The van der Waals surface area contributed by atoms with Crippen LogP contribution in [0.3, 0.4) is 0 Å². The topological polar surface area (TPSA) is 87.0 Å². The molecule has 5 nitrogen and oxygen atoms in total. The lowest BCUT2D eigenvalue weighted by molar-refractivity contribution is -0.137. The maximum atomic E-state index is 13.0. The Labute approximate surface area is 178 Å². The van der Waals surface area contributed by atoms with Gasteiger partial charge < -0.3 is 20.1 Å². The highest BCUT2D eigenvalue weighted by Gasteiger charge is 2.44. The van der Waals surface area contributed by atoms with E-state index >= 15 is 0 Å². The van der Waals surface area contributed by atoms with Gasteiger partial charge in [0.15, 0.2) is 0 Å². The molecule has 0 bridgehead atoms. The third-order valence-corrected chi connectivity index (χ3v) is 6.97. The number of hydrogen-bond acceptors (Lipinski definition) is 4. The largest absolute Gasteiger partial charge is 0.481 e. The molecular formula is C24H35FO5. The Bertz CT molecular complexity index is 664. The van der Waals surface area contributed by atoms with E-state index in [2.05, 4.69) is 0 Å². The standard InChI is InChI=1S/C24H35FO5/c25-18-8-4-16(5-9-18)6-10-19(26)11-13-20-21-12-7-17(2-1-3-24(28)29)15-30-23(21)14-22(20)27/h4-5,8-9,17,19-23,26-27H,1-3,6-7,10-15H2,(H,28,29)/t17-,19+,20+,21+,22+,23-/m0/s1. The lowest BCUT2D eigenvalue weighted by Gasteiger charge is -2.24. The monoisotopic (exact) mass is 422 g/mol. The minimum absolute atomic E-state index is 0.0748. The van der Waals surface area contributed by atoms with Crippen LogP contribution >= 0.6 is 0 Å². The molecule has 0 radical (unpaired) electrons. The number of rotatable bonds is 10. The molecule has 0 aromatic heterocycles. The van der Waals surface area contributed by atoms with Gasteiger partial charge in [0.25, 0.3) is 0 Å². The Hall–Kier alpha value is -1.50. The van der Waals surface area contributed by atoms with Crippen molar-refractivity contribution in [2.75, 3.05) is 6.61 Å². The van der Waals surface area contributed by atoms with Gasteiger partial charge in [-0.3, -0.25) is 4.79 Å². The van der Waals surface area contributed by atoms with Crippen LogP contribution in [-0.4, -0.2) is 46.2 Å². The van der Waals surface area contributed by atoms with Gasteiger partial charge in [0.2, 0.25) is 0 Å². The molecule has 30 heavy (non-hydrogen) atoms. The molecule has 1 aromatic rings. The van der Waals surface area contributed by atoms with E-state index in [0.29, 0.717) is 50.5 Å². The van der Waals surface area contributed by atoms with Crippen LogP contribution < -0.4 is 0 Å². The summed E-state index contributed by atoms with van der Waals surface area (Å²) in [5, 5.41) is 29.8. The van der Waals surface area contributed by atoms with E-state index in [1.165, 1.54) is 12.1 Å². The second-order valence-electron chi connectivity index (χ2n) is 9.13. The number of carboxylic acids is 1. The minimum atomic E-state index is -0.748. The Morgan fingerprint density at radius 1 is 1.17 bits per heavy atom. The highest BCUT2D eigenvalue weighted by molar-refractivity contribution is 5.66. The molecule has 0 spiro atoms. The highest BCUT2D eigenvalue weighted by atomic mass is 19.1. The number of aliphatic hydroxyl groups is 2. The van der Waals surface area contributed by atoms with Crippen molar-refractivity contribution in [3.63, 3.8) is 0 Å². The third-order valence-electron chi connectivity index (χ3n) is 6.97. The number of hydrogen-bond donors (Lipinski definition) is 3. The van der Waals surface area contributed by atoms with E-state index in [1.807, 2.05) is 0 Å². The third kappa shape index (κ3) is 6.76. The van der Waals surface area contributed by atoms with Crippen molar-refractivity contribution < 1.29 is 29.2 Å². The SMILES string of the molecule is O=C(O)CCC[C@H]1CC[C@@H]2[C@@H](CC[C@H](O)CCc3ccc(F)cc3)[C@H](O)C[C@@H]2OC1. The van der Waals surface area contributed by atoms with Gasteiger partial charge >= 0.3 is 5.97 Å². The number of carbonyl (C=O) groups is 1. The average molecular weight is 423 g/mol. The van der Waals surface area contributed by atoms with Crippen molar-refractivity contribution in [3.05, 3.63) is 35.6 Å². The van der Waals surface area contributed by atoms with Gasteiger partial charge in [-0.15, -0.1) is 0 Å². The van der Waals surface area contributed by atoms with E-state index in [0.717, 1.165) is 31.2 Å². The Kier molecular flexibility index (Phi) is 8.66. The van der Waals surface area contributed by atoms with Gasteiger partial charge in [0, 0.05) is 19.4 Å². The van der Waals surface area contributed by atoms with Gasteiger partial charge in [-0.05, 0) is 86.8 Å². The summed E-state index contributed by atoms with van der Waals surface area (Å²) in [6.45, 7) is 0.653. The Morgan fingerprint density at radius 3 is 2.67 bits per heavy atom. The van der Waals surface area contributed by atoms with Crippen molar-refractivity contribution in [3.8, 4) is 0 Å². The number of aliphatic carboxylic acids is 1. The number of carboxylic acid groups (broad SMARTS) is 1. The summed E-state index contributed by atoms with van der Waals surface area (Å²) in [7, 11) is 0. The number of ether oxygens (including phenoxy) is 1. The molecule has 1 heterocycles. The first-order valence-corrected chi connectivity index (χ1v) is 11.4. The first-order valence-electron chi connectivity index (χ1n) is 11.4. The average Bonchev–Trinajstić information content (AvgIpc) is 2.87. The number of benzene rings is 1. The molecule has 1 aromatic carbocycles. The lowest BCUT2D eigenvalue weighted by atomic mass is 9.83. The zero-order valence-corrected chi connectivity index (χ0v) is 17.6. The molecule has 6 heteroatoms. The number of aryl methyl sites for hydroxylation is 1. The van der Waals surface area contributed by atoms with E-state index in [-0.39, 0.29) is 30.4 Å². The second kappa shape index (κ2) is 11.2. The summed E-state index contributed by atoms with van der Waals surface area (Å²) in [6.07, 6.45) is 6.46. The molecule has 3 rings (SSSR count). The molecule has 1 aliphatic heterocycles. The van der Waals surface area contributed by atoms with Gasteiger partial charge in [0.1, 0.15) is 5.82 Å². The fraction of sp³-hybridized carbons (Fsp3) is 0.708. The van der Waals surface area contributed by atoms with Crippen LogP contribution in [0.2, 0.25) is 0 Å². The van der Waals surface area contributed by atoms with Crippen molar-refractivity contribution >= 4 is 5.97 Å². The molecule has 1 saturated heterocycles. The Morgan fingerprint density at radius 2 is 1.93 bits per heavy atom. The van der Waals surface area contributed by atoms with Crippen LogP contribution in [0.1, 0.15) is 63.4 Å². The highest BCUT2D eigenvalue weighted by Crippen LogP contribution is 2.43. The molecule has 2 fully saturated rings. The maximum absolute atomic E-state index is 13.0. The van der Waals surface area contributed by atoms with E-state index < -0.39 is 12.1 Å². The van der Waals surface area contributed by atoms with Gasteiger partial charge in [-0.1, -0.05) is 12.1 Å².